The number of nitrogens with two attached hydrogens (primary N) is 1. The molecule has 24 heavy (non-hydrogen) atoms. The van der Waals surface area contributed by atoms with Crippen LogP contribution in [0.2, 0.25) is 0 Å². The molecule has 2 heterocycles. The molecule has 2 aromatic rings. The minimum atomic E-state index is -0.0234. The van der Waals surface area contributed by atoms with Gasteiger partial charge in [0.25, 0.3) is 0 Å². The van der Waals surface area contributed by atoms with Gasteiger partial charge in [-0.15, -0.1) is 11.3 Å². The Morgan fingerprint density at radius 2 is 2.12 bits per heavy atom. The zero-order chi connectivity index (χ0) is 17.7. The lowest BCUT2D eigenvalue weighted by molar-refractivity contribution is -0.121. The number of amides is 1. The first-order valence-electron chi connectivity index (χ1n) is 7.90. The van der Waals surface area contributed by atoms with Gasteiger partial charge in [-0.3, -0.25) is 14.3 Å². The van der Waals surface area contributed by atoms with Gasteiger partial charge in [-0.2, -0.15) is 5.10 Å². The van der Waals surface area contributed by atoms with Crippen LogP contribution in [0.3, 0.4) is 0 Å². The minimum Gasteiger partial charge on any atom is -0.375 e. The van der Waals surface area contributed by atoms with Gasteiger partial charge in [-0.05, 0) is 33.6 Å². The van der Waals surface area contributed by atoms with E-state index in [-0.39, 0.29) is 11.7 Å². The number of aromatic nitrogens is 3. The van der Waals surface area contributed by atoms with Gasteiger partial charge >= 0.3 is 0 Å². The molecule has 130 valence electrons. The normalized spacial score (nSPS) is 10.8. The van der Waals surface area contributed by atoms with Crippen LogP contribution in [0.15, 0.2) is 5.38 Å². The SMILES string of the molecule is CC(=O)c1c(C)nn(CCC(=O)NCCCc2csc(N)n2)c1C. The summed E-state index contributed by atoms with van der Waals surface area (Å²) in [6, 6.07) is 0. The number of carbonyl (C=O) groups is 2. The third-order valence-electron chi connectivity index (χ3n) is 3.79. The molecule has 0 unspecified atom stereocenters. The second-order valence-corrected chi connectivity index (χ2v) is 6.60. The number of Topliss-reactive ketones (excluding diaryl/α,β-unsaturated/α-hetero) is 1. The van der Waals surface area contributed by atoms with Crippen molar-refractivity contribution in [2.24, 2.45) is 0 Å². The van der Waals surface area contributed by atoms with Gasteiger partial charge in [-0.25, -0.2) is 4.98 Å². The molecule has 0 aliphatic carbocycles. The highest BCUT2D eigenvalue weighted by atomic mass is 32.1. The van der Waals surface area contributed by atoms with E-state index in [0.29, 0.717) is 35.9 Å². The van der Waals surface area contributed by atoms with Crippen LogP contribution in [0, 0.1) is 13.8 Å². The first-order valence-corrected chi connectivity index (χ1v) is 8.78. The van der Waals surface area contributed by atoms with Crippen LogP contribution in [0.1, 0.15) is 47.2 Å². The van der Waals surface area contributed by atoms with E-state index < -0.39 is 0 Å². The van der Waals surface area contributed by atoms with E-state index >= 15 is 0 Å². The summed E-state index contributed by atoms with van der Waals surface area (Å²) in [6.45, 7) is 6.27. The average Bonchev–Trinajstić information content (AvgIpc) is 3.04. The highest BCUT2D eigenvalue weighted by Gasteiger charge is 2.15. The van der Waals surface area contributed by atoms with Crippen molar-refractivity contribution in [3.63, 3.8) is 0 Å². The van der Waals surface area contributed by atoms with Gasteiger partial charge in [0.05, 0.1) is 17.0 Å². The van der Waals surface area contributed by atoms with E-state index in [9.17, 15) is 9.59 Å². The van der Waals surface area contributed by atoms with E-state index in [0.717, 1.165) is 24.2 Å². The summed E-state index contributed by atoms with van der Waals surface area (Å²) in [6.07, 6.45) is 1.96. The molecule has 0 bridgehead atoms. The Balaban J connectivity index is 1.73. The van der Waals surface area contributed by atoms with Crippen LogP contribution in [0.5, 0.6) is 0 Å². The number of hydrogen-bond donors (Lipinski definition) is 2. The quantitative estimate of drug-likeness (QED) is 0.559. The summed E-state index contributed by atoms with van der Waals surface area (Å²) in [5.41, 5.74) is 8.72. The van der Waals surface area contributed by atoms with Crippen LogP contribution in [0.4, 0.5) is 5.13 Å². The lowest BCUT2D eigenvalue weighted by Gasteiger charge is -2.06. The largest absolute Gasteiger partial charge is 0.375 e. The number of nitrogens with zero attached hydrogens (tertiary/aromatic N) is 3. The number of nitrogens with one attached hydrogen (secondary N) is 1. The molecule has 0 radical (unpaired) electrons. The fourth-order valence-electron chi connectivity index (χ4n) is 2.65. The Hall–Kier alpha value is -2.22. The van der Waals surface area contributed by atoms with Crippen molar-refractivity contribution in [3.05, 3.63) is 28.0 Å². The van der Waals surface area contributed by atoms with E-state index in [1.54, 1.807) is 4.68 Å². The molecule has 0 atom stereocenters. The number of ketones is 1. The van der Waals surface area contributed by atoms with Crippen molar-refractivity contribution in [1.29, 1.82) is 0 Å². The second kappa shape index (κ2) is 8.05. The topological polar surface area (TPSA) is 103 Å². The predicted octanol–water partition coefficient (Wildman–Crippen LogP) is 1.88. The fourth-order valence-corrected chi connectivity index (χ4v) is 3.25. The van der Waals surface area contributed by atoms with Gasteiger partial charge in [0.1, 0.15) is 0 Å². The molecule has 3 N–H and O–H groups in total. The lowest BCUT2D eigenvalue weighted by atomic mass is 10.1. The van der Waals surface area contributed by atoms with E-state index in [1.165, 1.54) is 18.3 Å². The minimum absolute atomic E-state index is 0.00313. The standard InChI is InChI=1S/C16H23N5O2S/c1-10-15(12(3)22)11(2)21(20-10)8-6-14(23)18-7-4-5-13-9-24-16(17)19-13/h9H,4-8H2,1-3H3,(H2,17,19)(H,18,23). The molecule has 0 spiro atoms. The van der Waals surface area contributed by atoms with Crippen LogP contribution in [-0.4, -0.2) is 33.0 Å². The molecule has 0 aromatic carbocycles. The van der Waals surface area contributed by atoms with Crippen molar-refractivity contribution < 1.29 is 9.59 Å². The smallest absolute Gasteiger partial charge is 0.221 e. The molecule has 7 nitrogen and oxygen atoms in total. The summed E-state index contributed by atoms with van der Waals surface area (Å²) >= 11 is 1.43. The molecule has 0 aliphatic rings. The van der Waals surface area contributed by atoms with Gasteiger partial charge in [0, 0.05) is 30.6 Å². The molecule has 0 saturated carbocycles. The Morgan fingerprint density at radius 1 is 1.38 bits per heavy atom. The van der Waals surface area contributed by atoms with Gasteiger partial charge in [-0.1, -0.05) is 0 Å². The first-order chi connectivity index (χ1) is 11.4. The van der Waals surface area contributed by atoms with Crippen molar-refractivity contribution >= 4 is 28.2 Å². The Kier molecular flexibility index (Phi) is 6.08. The Morgan fingerprint density at radius 3 is 2.71 bits per heavy atom. The summed E-state index contributed by atoms with van der Waals surface area (Å²) in [5.74, 6) is -0.0203. The van der Waals surface area contributed by atoms with Crippen LogP contribution in [-0.2, 0) is 17.8 Å². The van der Waals surface area contributed by atoms with Crippen molar-refractivity contribution in [2.75, 3.05) is 12.3 Å². The fraction of sp³-hybridized carbons (Fsp3) is 0.500. The Bertz CT molecular complexity index is 735. The average molecular weight is 349 g/mol. The van der Waals surface area contributed by atoms with E-state index in [1.807, 2.05) is 19.2 Å². The third kappa shape index (κ3) is 4.64. The summed E-state index contributed by atoms with van der Waals surface area (Å²) < 4.78 is 1.73. The van der Waals surface area contributed by atoms with E-state index in [2.05, 4.69) is 15.4 Å². The van der Waals surface area contributed by atoms with Crippen molar-refractivity contribution in [2.45, 2.75) is 46.6 Å². The molecule has 8 heteroatoms. The molecule has 1 amide bonds. The second-order valence-electron chi connectivity index (χ2n) is 5.71. The molecule has 0 saturated heterocycles. The molecular weight excluding hydrogens is 326 g/mol. The maximum atomic E-state index is 11.9. The summed E-state index contributed by atoms with van der Waals surface area (Å²) in [5, 5.41) is 9.74. The number of rotatable bonds is 8. The monoisotopic (exact) mass is 349 g/mol. The van der Waals surface area contributed by atoms with Crippen molar-refractivity contribution in [3.8, 4) is 0 Å². The molecule has 2 rings (SSSR count). The third-order valence-corrected chi connectivity index (χ3v) is 4.51. The summed E-state index contributed by atoms with van der Waals surface area (Å²) in [4.78, 5) is 27.7. The number of nitrogen functional groups attached to an aromatic ring is 1. The number of carbonyl (C=O) groups excluding carboxylic acids is 2. The number of thiazole rings is 1. The van der Waals surface area contributed by atoms with Crippen molar-refractivity contribution in [1.82, 2.24) is 20.1 Å². The van der Waals surface area contributed by atoms with E-state index in [4.69, 9.17) is 5.73 Å². The first kappa shape index (κ1) is 18.1. The van der Waals surface area contributed by atoms with Crippen LogP contribution < -0.4 is 11.1 Å². The maximum Gasteiger partial charge on any atom is 0.221 e. The molecule has 0 fully saturated rings. The summed E-state index contributed by atoms with van der Waals surface area (Å²) in [7, 11) is 0. The molecule has 2 aromatic heterocycles. The van der Waals surface area contributed by atoms with Gasteiger partial charge < -0.3 is 11.1 Å². The van der Waals surface area contributed by atoms with Gasteiger partial charge in [0.15, 0.2) is 10.9 Å². The van der Waals surface area contributed by atoms with Crippen LogP contribution in [0.25, 0.3) is 0 Å². The highest BCUT2D eigenvalue weighted by molar-refractivity contribution is 7.13. The zero-order valence-electron chi connectivity index (χ0n) is 14.3. The molecular formula is C16H23N5O2S. The number of aryl methyl sites for hydroxylation is 3. The lowest BCUT2D eigenvalue weighted by Crippen LogP contribution is -2.26. The maximum absolute atomic E-state index is 11.9. The van der Waals surface area contributed by atoms with Gasteiger partial charge in [0.2, 0.25) is 5.91 Å². The zero-order valence-corrected chi connectivity index (χ0v) is 15.1. The number of hydrogen-bond acceptors (Lipinski definition) is 6. The Labute approximate surface area is 145 Å². The highest BCUT2D eigenvalue weighted by Crippen LogP contribution is 2.14. The van der Waals surface area contributed by atoms with Crippen LogP contribution >= 0.6 is 11.3 Å². The predicted molar refractivity (Wildman–Crippen MR) is 94.2 cm³/mol. The molecule has 0 aliphatic heterocycles. The number of anilines is 1.